The second kappa shape index (κ2) is 4.28. The van der Waals surface area contributed by atoms with Gasteiger partial charge in [0.15, 0.2) is 0 Å². The monoisotopic (exact) mass is 226 g/mol. The van der Waals surface area contributed by atoms with Gasteiger partial charge >= 0.3 is 5.97 Å². The predicted molar refractivity (Wildman–Crippen MR) is 57.7 cm³/mol. The number of rotatable bonds is 4. The van der Waals surface area contributed by atoms with Crippen LogP contribution in [0.1, 0.15) is 18.5 Å². The van der Waals surface area contributed by atoms with Crippen molar-refractivity contribution in [1.82, 2.24) is 9.88 Å². The molecule has 0 spiro atoms. The van der Waals surface area contributed by atoms with Crippen LogP contribution in [0.5, 0.6) is 0 Å². The average molecular weight is 226 g/mol. The van der Waals surface area contributed by atoms with Crippen LogP contribution in [-0.2, 0) is 11.3 Å². The van der Waals surface area contributed by atoms with Gasteiger partial charge < -0.3 is 5.11 Å². The lowest BCUT2D eigenvalue weighted by atomic mass is 9.78. The highest BCUT2D eigenvalue weighted by molar-refractivity contribution is 7.07. The topological polar surface area (TPSA) is 53.4 Å². The summed E-state index contributed by atoms with van der Waals surface area (Å²) < 4.78 is 0. The number of nitrogens with zero attached hydrogens (tertiary/aromatic N) is 2. The highest BCUT2D eigenvalue weighted by Gasteiger charge is 2.38. The minimum Gasteiger partial charge on any atom is -0.481 e. The fourth-order valence-corrected chi connectivity index (χ4v) is 2.54. The lowest BCUT2D eigenvalue weighted by molar-refractivity contribution is -0.148. The summed E-state index contributed by atoms with van der Waals surface area (Å²) in [5, 5.41) is 10.9. The number of aliphatic carboxylic acids is 1. The van der Waals surface area contributed by atoms with Crippen molar-refractivity contribution in [2.24, 2.45) is 5.92 Å². The van der Waals surface area contributed by atoms with Crippen molar-refractivity contribution in [3.05, 3.63) is 16.6 Å². The molecule has 1 saturated carbocycles. The van der Waals surface area contributed by atoms with E-state index in [2.05, 4.69) is 9.88 Å². The third kappa shape index (κ3) is 2.18. The van der Waals surface area contributed by atoms with Crippen molar-refractivity contribution in [3.63, 3.8) is 0 Å². The molecule has 2 rings (SSSR count). The van der Waals surface area contributed by atoms with Crippen LogP contribution < -0.4 is 0 Å². The fraction of sp³-hybridized carbons (Fsp3) is 0.600. The molecule has 1 heterocycles. The van der Waals surface area contributed by atoms with E-state index in [4.69, 9.17) is 5.11 Å². The lowest BCUT2D eigenvalue weighted by Gasteiger charge is -2.39. The predicted octanol–water partition coefficient (Wildman–Crippen LogP) is 1.44. The fourth-order valence-electron chi connectivity index (χ4n) is 1.99. The van der Waals surface area contributed by atoms with Gasteiger partial charge in [-0.25, -0.2) is 4.98 Å². The quantitative estimate of drug-likeness (QED) is 0.844. The molecule has 82 valence electrons. The molecule has 4 nitrogen and oxygen atoms in total. The summed E-state index contributed by atoms with van der Waals surface area (Å²) in [5.74, 6) is -0.856. The highest BCUT2D eigenvalue weighted by atomic mass is 32.1. The van der Waals surface area contributed by atoms with Crippen LogP contribution >= 0.6 is 11.3 Å². The van der Waals surface area contributed by atoms with Gasteiger partial charge in [0.05, 0.1) is 17.1 Å². The van der Waals surface area contributed by atoms with Crippen molar-refractivity contribution in [2.45, 2.75) is 25.4 Å². The van der Waals surface area contributed by atoms with E-state index in [1.807, 2.05) is 12.4 Å². The van der Waals surface area contributed by atoms with E-state index in [0.29, 0.717) is 0 Å². The molecular formula is C10H14N2O2S. The number of carbonyl (C=O) groups is 1. The summed E-state index contributed by atoms with van der Waals surface area (Å²) in [7, 11) is 1.97. The van der Waals surface area contributed by atoms with E-state index < -0.39 is 5.97 Å². The van der Waals surface area contributed by atoms with Gasteiger partial charge in [0, 0.05) is 18.0 Å². The van der Waals surface area contributed by atoms with Crippen molar-refractivity contribution < 1.29 is 9.90 Å². The summed E-state index contributed by atoms with van der Waals surface area (Å²) in [4.78, 5) is 17.1. The van der Waals surface area contributed by atoms with E-state index in [1.165, 1.54) is 0 Å². The Labute approximate surface area is 92.6 Å². The maximum Gasteiger partial charge on any atom is 0.308 e. The summed E-state index contributed by atoms with van der Waals surface area (Å²) in [5.41, 5.74) is 2.83. The summed E-state index contributed by atoms with van der Waals surface area (Å²) in [6.07, 6.45) is 1.79. The number of aromatic nitrogens is 1. The maximum atomic E-state index is 10.9. The number of hydrogen-bond donors (Lipinski definition) is 1. The van der Waals surface area contributed by atoms with Gasteiger partial charge in [0.1, 0.15) is 0 Å². The Morgan fingerprint density at radius 3 is 3.00 bits per heavy atom. The van der Waals surface area contributed by atoms with Crippen molar-refractivity contribution in [3.8, 4) is 0 Å². The Hall–Kier alpha value is -0.940. The van der Waals surface area contributed by atoms with Crippen LogP contribution in [0.15, 0.2) is 10.9 Å². The molecule has 2 atom stereocenters. The van der Waals surface area contributed by atoms with Crippen LogP contribution in [0.25, 0.3) is 0 Å². The molecule has 1 aliphatic rings. The van der Waals surface area contributed by atoms with Gasteiger partial charge in [0.2, 0.25) is 0 Å². The molecule has 15 heavy (non-hydrogen) atoms. The summed E-state index contributed by atoms with van der Waals surface area (Å²) in [6.45, 7) is 0.748. The SMILES string of the molecule is CN(Cc1cscn1)C1CCC1C(=O)O. The molecule has 1 aromatic rings. The van der Waals surface area contributed by atoms with Gasteiger partial charge in [-0.3, -0.25) is 9.69 Å². The molecule has 1 fully saturated rings. The van der Waals surface area contributed by atoms with Gasteiger partial charge in [-0.2, -0.15) is 0 Å². The van der Waals surface area contributed by atoms with Gasteiger partial charge in [-0.05, 0) is 19.9 Å². The lowest BCUT2D eigenvalue weighted by Crippen LogP contribution is -2.48. The Bertz CT molecular complexity index is 339. The van der Waals surface area contributed by atoms with Gasteiger partial charge in [-0.1, -0.05) is 0 Å². The third-order valence-corrected chi connectivity index (χ3v) is 3.65. The maximum absolute atomic E-state index is 10.9. The molecule has 2 unspecified atom stereocenters. The van der Waals surface area contributed by atoms with Gasteiger partial charge in [-0.15, -0.1) is 11.3 Å². The zero-order valence-electron chi connectivity index (χ0n) is 8.59. The summed E-state index contributed by atoms with van der Waals surface area (Å²) >= 11 is 1.57. The second-order valence-corrected chi connectivity index (χ2v) is 4.70. The molecule has 0 amide bonds. The van der Waals surface area contributed by atoms with E-state index in [1.54, 1.807) is 16.8 Å². The molecule has 1 N–H and O–H groups in total. The number of carboxylic acid groups (broad SMARTS) is 1. The molecular weight excluding hydrogens is 212 g/mol. The molecule has 0 radical (unpaired) electrons. The van der Waals surface area contributed by atoms with Crippen LogP contribution in [0, 0.1) is 5.92 Å². The zero-order chi connectivity index (χ0) is 10.8. The number of hydrogen-bond acceptors (Lipinski definition) is 4. The molecule has 0 saturated heterocycles. The first-order chi connectivity index (χ1) is 7.18. The molecule has 1 aliphatic carbocycles. The van der Waals surface area contributed by atoms with Crippen molar-refractivity contribution in [2.75, 3.05) is 7.05 Å². The van der Waals surface area contributed by atoms with Crippen molar-refractivity contribution in [1.29, 1.82) is 0 Å². The molecule has 0 aliphatic heterocycles. The third-order valence-electron chi connectivity index (χ3n) is 3.02. The number of thiazole rings is 1. The van der Waals surface area contributed by atoms with Gasteiger partial charge in [0.25, 0.3) is 0 Å². The smallest absolute Gasteiger partial charge is 0.308 e. The first kappa shape index (κ1) is 10.6. The normalized spacial score (nSPS) is 25.2. The standard InChI is InChI=1S/C10H14N2O2S/c1-12(4-7-5-15-6-11-7)9-3-2-8(9)10(13)14/h5-6,8-9H,2-4H2,1H3,(H,13,14). The largest absolute Gasteiger partial charge is 0.481 e. The van der Waals surface area contributed by atoms with E-state index >= 15 is 0 Å². The van der Waals surface area contributed by atoms with Crippen LogP contribution in [0.2, 0.25) is 0 Å². The Morgan fingerprint density at radius 2 is 2.53 bits per heavy atom. The highest BCUT2D eigenvalue weighted by Crippen LogP contribution is 2.32. The first-order valence-corrected chi connectivity index (χ1v) is 5.93. The Kier molecular flexibility index (Phi) is 3.02. The minimum absolute atomic E-state index is 0.184. The van der Waals surface area contributed by atoms with Crippen LogP contribution in [-0.4, -0.2) is 34.0 Å². The van der Waals surface area contributed by atoms with Crippen molar-refractivity contribution >= 4 is 17.3 Å². The molecule has 0 aromatic carbocycles. The molecule has 0 bridgehead atoms. The average Bonchev–Trinajstić information content (AvgIpc) is 2.52. The summed E-state index contributed by atoms with van der Waals surface area (Å²) in [6, 6.07) is 0.184. The van der Waals surface area contributed by atoms with E-state index in [9.17, 15) is 4.79 Å². The number of carboxylic acids is 1. The minimum atomic E-state index is -0.670. The molecule has 5 heteroatoms. The molecule has 1 aromatic heterocycles. The Morgan fingerprint density at radius 1 is 1.73 bits per heavy atom. The van der Waals surface area contributed by atoms with Crippen LogP contribution in [0.3, 0.4) is 0 Å². The first-order valence-electron chi connectivity index (χ1n) is 4.98. The van der Waals surface area contributed by atoms with E-state index in [-0.39, 0.29) is 12.0 Å². The second-order valence-electron chi connectivity index (χ2n) is 3.98. The Balaban J connectivity index is 1.91. The van der Waals surface area contributed by atoms with E-state index in [0.717, 1.165) is 25.1 Å². The zero-order valence-corrected chi connectivity index (χ0v) is 9.41. The van der Waals surface area contributed by atoms with Crippen LogP contribution in [0.4, 0.5) is 0 Å².